The van der Waals surface area contributed by atoms with Crippen LogP contribution >= 0.6 is 0 Å². The van der Waals surface area contributed by atoms with E-state index in [2.05, 4.69) is 9.83 Å². The molecule has 0 aromatic carbocycles. The third-order valence-corrected chi connectivity index (χ3v) is 1.14. The highest BCUT2D eigenvalue weighted by Gasteiger charge is 1.98. The zero-order chi connectivity index (χ0) is 7.56. The van der Waals surface area contributed by atoms with Crippen LogP contribution in [0.2, 0.25) is 0 Å². The van der Waals surface area contributed by atoms with E-state index < -0.39 is 0 Å². The number of hydrogen-bond donors (Lipinski definition) is 1. The summed E-state index contributed by atoms with van der Waals surface area (Å²) < 4.78 is 0. The molecule has 0 spiro atoms. The molecule has 3 nitrogen and oxygen atoms in total. The predicted octanol–water partition coefficient (Wildman–Crippen LogP) is 1.65. The minimum Gasteiger partial charge on any atom is -0.504 e. The lowest BCUT2D eigenvalue weighted by atomic mass is 10.3. The molecule has 1 heterocycles. The quantitative estimate of drug-likeness (QED) is 0.548. The summed E-state index contributed by atoms with van der Waals surface area (Å²) in [5.74, 6) is 0.447. The van der Waals surface area contributed by atoms with E-state index in [9.17, 15) is 0 Å². The van der Waals surface area contributed by atoms with E-state index in [1.807, 2.05) is 0 Å². The third kappa shape index (κ3) is 1.06. The smallest absolute Gasteiger partial charge is 0.272 e. The van der Waals surface area contributed by atoms with Crippen LogP contribution in [0.4, 0.5) is 5.82 Å². The summed E-state index contributed by atoms with van der Waals surface area (Å²) in [7, 11) is 0. The Bertz CT molecular complexity index is 288. The number of hydrogen-bond acceptors (Lipinski definition) is 2. The molecular weight excluding hydrogens is 128 g/mol. The fourth-order valence-corrected chi connectivity index (χ4v) is 0.670. The molecule has 50 valence electrons. The van der Waals surface area contributed by atoms with Gasteiger partial charge in [0, 0.05) is 0 Å². The van der Waals surface area contributed by atoms with E-state index in [0.717, 1.165) is 0 Å². The maximum Gasteiger partial charge on any atom is 0.272 e. The average molecular weight is 134 g/mol. The monoisotopic (exact) mass is 134 g/mol. The van der Waals surface area contributed by atoms with Gasteiger partial charge in [-0.25, -0.2) is 0 Å². The zero-order valence-electron chi connectivity index (χ0n) is 5.50. The van der Waals surface area contributed by atoms with Gasteiger partial charge in [0.05, 0.1) is 0 Å². The van der Waals surface area contributed by atoms with Crippen molar-refractivity contribution in [2.24, 2.45) is 0 Å². The molecule has 1 aromatic rings. The summed E-state index contributed by atoms with van der Waals surface area (Å²) in [4.78, 5) is 6.83. The van der Waals surface area contributed by atoms with Crippen molar-refractivity contribution in [1.82, 2.24) is 4.98 Å². The van der Waals surface area contributed by atoms with Crippen molar-refractivity contribution in [3.8, 4) is 5.75 Å². The van der Waals surface area contributed by atoms with Gasteiger partial charge in [0.1, 0.15) is 0 Å². The minimum absolute atomic E-state index is 0.102. The average Bonchev–Trinajstić information content (AvgIpc) is 1.88. The second kappa shape index (κ2) is 2.36. The Morgan fingerprint density at radius 2 is 2.40 bits per heavy atom. The van der Waals surface area contributed by atoms with Gasteiger partial charge in [0.15, 0.2) is 11.9 Å². The molecule has 0 saturated heterocycles. The first kappa shape index (κ1) is 6.56. The van der Waals surface area contributed by atoms with E-state index in [1.165, 1.54) is 12.3 Å². The van der Waals surface area contributed by atoms with Crippen molar-refractivity contribution in [1.29, 1.82) is 0 Å². The largest absolute Gasteiger partial charge is 0.504 e. The van der Waals surface area contributed by atoms with Gasteiger partial charge < -0.3 is 9.95 Å². The van der Waals surface area contributed by atoms with Crippen LogP contribution in [-0.4, -0.2) is 10.1 Å². The molecule has 0 fully saturated rings. The summed E-state index contributed by atoms with van der Waals surface area (Å²) in [6.07, 6.45) is 1.26. The Kier molecular flexibility index (Phi) is 1.55. The molecule has 0 amide bonds. The number of aromatic nitrogens is 1. The molecule has 0 saturated carbocycles. The molecule has 3 heteroatoms. The lowest BCUT2D eigenvalue weighted by Crippen LogP contribution is -1.76. The maximum atomic E-state index is 8.87. The fraction of sp³-hybridized carbons (Fsp3) is 0.143. The summed E-state index contributed by atoms with van der Waals surface area (Å²) in [6.45, 7) is 8.37. The highest BCUT2D eigenvalue weighted by Crippen LogP contribution is 2.18. The topological polar surface area (TPSA) is 37.5 Å². The maximum absolute atomic E-state index is 8.87. The van der Waals surface area contributed by atoms with Crippen LogP contribution in [0.1, 0.15) is 5.56 Å². The summed E-state index contributed by atoms with van der Waals surface area (Å²) in [5, 5.41) is 8.87. The second-order valence-electron chi connectivity index (χ2n) is 1.95. The van der Waals surface area contributed by atoms with Crippen molar-refractivity contribution < 1.29 is 5.11 Å². The van der Waals surface area contributed by atoms with Crippen molar-refractivity contribution in [3.63, 3.8) is 0 Å². The fourth-order valence-electron chi connectivity index (χ4n) is 0.670. The lowest BCUT2D eigenvalue weighted by molar-refractivity contribution is 0.472. The van der Waals surface area contributed by atoms with Crippen LogP contribution in [0, 0.1) is 13.5 Å². The van der Waals surface area contributed by atoms with Crippen LogP contribution in [0.15, 0.2) is 12.3 Å². The van der Waals surface area contributed by atoms with E-state index in [1.54, 1.807) is 6.92 Å². The predicted molar refractivity (Wildman–Crippen MR) is 36.9 cm³/mol. The Morgan fingerprint density at radius 3 is 2.90 bits per heavy atom. The Labute approximate surface area is 58.8 Å². The molecule has 0 aliphatic heterocycles. The van der Waals surface area contributed by atoms with Crippen LogP contribution in [0.25, 0.3) is 4.85 Å². The minimum atomic E-state index is 0.102. The number of rotatable bonds is 0. The highest BCUT2D eigenvalue weighted by atomic mass is 16.3. The van der Waals surface area contributed by atoms with E-state index in [0.29, 0.717) is 11.4 Å². The molecule has 0 radical (unpaired) electrons. The molecule has 10 heavy (non-hydrogen) atoms. The third-order valence-electron chi connectivity index (χ3n) is 1.14. The van der Waals surface area contributed by atoms with Crippen molar-refractivity contribution in [2.45, 2.75) is 6.92 Å². The number of aromatic hydroxyl groups is 1. The van der Waals surface area contributed by atoms with Gasteiger partial charge >= 0.3 is 0 Å². The van der Waals surface area contributed by atoms with E-state index >= 15 is 0 Å². The van der Waals surface area contributed by atoms with Crippen molar-refractivity contribution >= 4 is 5.82 Å². The lowest BCUT2D eigenvalue weighted by Gasteiger charge is -1.93. The summed E-state index contributed by atoms with van der Waals surface area (Å²) in [6, 6.07) is 1.51. The molecule has 0 aliphatic carbocycles. The standard InChI is InChI=1S/C7H6N2O/c1-5-3-6(10)4-9-7(5)8-2/h3-4,10H,1H3. The molecule has 1 rings (SSSR count). The molecule has 0 bridgehead atoms. The molecule has 1 aromatic heterocycles. The van der Waals surface area contributed by atoms with Gasteiger partial charge in [-0.3, -0.25) is 0 Å². The number of nitrogens with zero attached hydrogens (tertiary/aromatic N) is 2. The highest BCUT2D eigenvalue weighted by molar-refractivity contribution is 5.46. The number of pyridine rings is 1. The Hall–Kier alpha value is -1.56. The zero-order valence-corrected chi connectivity index (χ0v) is 5.50. The summed E-state index contributed by atoms with van der Waals surface area (Å²) >= 11 is 0. The molecule has 0 atom stereocenters. The van der Waals surface area contributed by atoms with Gasteiger partial charge in [-0.15, -0.1) is 4.98 Å². The van der Waals surface area contributed by atoms with E-state index in [4.69, 9.17) is 11.7 Å². The first-order chi connectivity index (χ1) is 4.74. The van der Waals surface area contributed by atoms with Crippen LogP contribution in [-0.2, 0) is 0 Å². The SMILES string of the molecule is [C-]#[N+]c1ncc(O)cc1C. The van der Waals surface area contributed by atoms with Gasteiger partial charge in [-0.1, -0.05) is 6.57 Å². The Balaban J connectivity index is 3.23. The van der Waals surface area contributed by atoms with Gasteiger partial charge in [-0.2, -0.15) is 0 Å². The van der Waals surface area contributed by atoms with Crippen LogP contribution in [0.3, 0.4) is 0 Å². The first-order valence-electron chi connectivity index (χ1n) is 2.77. The van der Waals surface area contributed by atoms with Gasteiger partial charge in [0.2, 0.25) is 0 Å². The number of aryl methyl sites for hydroxylation is 1. The first-order valence-corrected chi connectivity index (χ1v) is 2.77. The van der Waals surface area contributed by atoms with Gasteiger partial charge in [-0.05, 0) is 18.6 Å². The molecular formula is C7H6N2O. The van der Waals surface area contributed by atoms with Crippen LogP contribution in [0.5, 0.6) is 5.75 Å². The molecule has 0 aliphatic rings. The molecule has 1 N–H and O–H groups in total. The normalized spacial score (nSPS) is 8.80. The van der Waals surface area contributed by atoms with Crippen LogP contribution < -0.4 is 0 Å². The second-order valence-corrected chi connectivity index (χ2v) is 1.95. The Morgan fingerprint density at radius 1 is 1.70 bits per heavy atom. The van der Waals surface area contributed by atoms with Gasteiger partial charge in [0.25, 0.3) is 5.82 Å². The van der Waals surface area contributed by atoms with Crippen molar-refractivity contribution in [3.05, 3.63) is 29.2 Å². The van der Waals surface area contributed by atoms with Crippen molar-refractivity contribution in [2.75, 3.05) is 0 Å². The summed E-state index contributed by atoms with van der Waals surface area (Å²) in [5.41, 5.74) is 0.704. The van der Waals surface area contributed by atoms with E-state index in [-0.39, 0.29) is 5.75 Å². The molecule has 0 unspecified atom stereocenters.